The molecule has 0 radical (unpaired) electrons. The van der Waals surface area contributed by atoms with Crippen LogP contribution < -0.4 is 14.2 Å². The molecule has 0 N–H and O–H groups in total. The molecule has 0 spiro atoms. The van der Waals surface area contributed by atoms with Gasteiger partial charge in [-0.05, 0) is 25.1 Å². The number of para-hydroxylation sites is 1. The van der Waals surface area contributed by atoms with Gasteiger partial charge in [0.25, 0.3) is 5.01 Å². The Morgan fingerprint density at radius 1 is 1.23 bits per heavy atom. The molecule has 9 heteroatoms. The number of benzene rings is 2. The number of ether oxygens (including phenoxy) is 1. The highest BCUT2D eigenvalue weighted by atomic mass is 32.2. The quantitative estimate of drug-likeness (QED) is 0.389. The number of hydrogen-bond donors (Lipinski definition) is 0. The van der Waals surface area contributed by atoms with E-state index in [9.17, 15) is 13.0 Å². The van der Waals surface area contributed by atoms with Crippen molar-refractivity contribution < 1.29 is 22.3 Å². The number of aryl methyl sites for hydroxylation is 1. The number of anilines is 1. The minimum absolute atomic E-state index is 0.287. The van der Waals surface area contributed by atoms with Crippen LogP contribution in [0.15, 0.2) is 52.4 Å². The first-order valence-electron chi connectivity index (χ1n) is 9.59. The largest absolute Gasteiger partial charge is 0.748 e. The molecular weight excluding hydrogens is 440 g/mol. The minimum Gasteiger partial charge on any atom is -0.748 e. The minimum atomic E-state index is -4.22. The van der Waals surface area contributed by atoms with E-state index >= 15 is 0 Å². The van der Waals surface area contributed by atoms with Gasteiger partial charge in [0, 0.05) is 35.7 Å². The SMILES string of the molecule is CCN1C(=Cc2sc3ccccc3[n+]2CCCS(=O)(=O)[O-])Sc2ccc(OC)cc21. The van der Waals surface area contributed by atoms with Gasteiger partial charge in [-0.15, -0.1) is 0 Å². The summed E-state index contributed by atoms with van der Waals surface area (Å²) >= 11 is 3.37. The molecule has 1 aromatic heterocycles. The standard InChI is InChI=1S/C21H22N2O4S3/c1-3-22-17-13-15(27-2)9-10-19(17)29-20(22)14-21-23(11-6-12-30(24,25)26)16-7-4-5-8-18(16)28-21/h4-5,7-10,13-14H,3,6,11-12H2,1-2H3. The predicted octanol–water partition coefficient (Wildman–Crippen LogP) is 4.06. The molecule has 0 atom stereocenters. The molecule has 2 aromatic carbocycles. The van der Waals surface area contributed by atoms with Gasteiger partial charge in [0.15, 0.2) is 6.54 Å². The monoisotopic (exact) mass is 462 g/mol. The lowest BCUT2D eigenvalue weighted by molar-refractivity contribution is -0.668. The summed E-state index contributed by atoms with van der Waals surface area (Å²) in [7, 11) is -2.56. The molecule has 0 saturated carbocycles. The van der Waals surface area contributed by atoms with Crippen LogP contribution in [-0.4, -0.2) is 32.4 Å². The first-order valence-corrected chi connectivity index (χ1v) is 12.8. The van der Waals surface area contributed by atoms with Crippen molar-refractivity contribution in [3.8, 4) is 5.75 Å². The van der Waals surface area contributed by atoms with Gasteiger partial charge in [-0.3, -0.25) is 0 Å². The van der Waals surface area contributed by atoms with Gasteiger partial charge < -0.3 is 14.2 Å². The molecule has 2 heterocycles. The Bertz CT molecular complexity index is 1220. The third-order valence-corrected chi connectivity index (χ3v) is 7.93. The number of methoxy groups -OCH3 is 1. The third kappa shape index (κ3) is 4.34. The second-order valence-electron chi connectivity index (χ2n) is 6.84. The fourth-order valence-electron chi connectivity index (χ4n) is 3.54. The number of nitrogens with zero attached hydrogens (tertiary/aromatic N) is 2. The molecule has 158 valence electrons. The Labute approximate surface area is 184 Å². The molecule has 1 aliphatic rings. The summed E-state index contributed by atoms with van der Waals surface area (Å²) in [5.41, 5.74) is 2.17. The van der Waals surface area contributed by atoms with Crippen LogP contribution in [0.2, 0.25) is 0 Å². The van der Waals surface area contributed by atoms with Gasteiger partial charge in [0.05, 0.1) is 34.0 Å². The van der Waals surface area contributed by atoms with E-state index in [0.717, 1.165) is 38.2 Å². The average Bonchev–Trinajstić information content (AvgIpc) is 3.24. The van der Waals surface area contributed by atoms with Crippen LogP contribution in [0.1, 0.15) is 18.4 Å². The van der Waals surface area contributed by atoms with Crippen LogP contribution >= 0.6 is 23.1 Å². The molecule has 0 unspecified atom stereocenters. The zero-order chi connectivity index (χ0) is 21.3. The smallest absolute Gasteiger partial charge is 0.265 e. The Morgan fingerprint density at radius 2 is 2.03 bits per heavy atom. The molecule has 0 aliphatic carbocycles. The van der Waals surface area contributed by atoms with Gasteiger partial charge in [-0.25, -0.2) is 8.42 Å². The number of rotatable bonds is 7. The molecule has 30 heavy (non-hydrogen) atoms. The molecule has 6 nitrogen and oxygen atoms in total. The Kier molecular flexibility index (Phi) is 6.06. The maximum Gasteiger partial charge on any atom is 0.265 e. The van der Waals surface area contributed by atoms with Crippen LogP contribution in [0, 0.1) is 0 Å². The zero-order valence-electron chi connectivity index (χ0n) is 16.7. The second kappa shape index (κ2) is 8.58. The Balaban J connectivity index is 1.72. The van der Waals surface area contributed by atoms with E-state index in [1.807, 2.05) is 30.3 Å². The highest BCUT2D eigenvalue weighted by Crippen LogP contribution is 2.48. The van der Waals surface area contributed by atoms with Crippen molar-refractivity contribution in [3.63, 3.8) is 0 Å². The predicted molar refractivity (Wildman–Crippen MR) is 121 cm³/mol. The van der Waals surface area contributed by atoms with E-state index < -0.39 is 10.1 Å². The van der Waals surface area contributed by atoms with Crippen molar-refractivity contribution in [1.82, 2.24) is 0 Å². The summed E-state index contributed by atoms with van der Waals surface area (Å²) in [5.74, 6) is 0.464. The van der Waals surface area contributed by atoms with Crippen molar-refractivity contribution >= 4 is 55.2 Å². The van der Waals surface area contributed by atoms with Crippen molar-refractivity contribution in [2.75, 3.05) is 24.3 Å². The summed E-state index contributed by atoms with van der Waals surface area (Å²) in [6.45, 7) is 3.40. The third-order valence-electron chi connectivity index (χ3n) is 4.91. The fourth-order valence-corrected chi connectivity index (χ4v) is 6.36. The van der Waals surface area contributed by atoms with Crippen molar-refractivity contribution in [2.24, 2.45) is 0 Å². The summed E-state index contributed by atoms with van der Waals surface area (Å²) in [5, 5.41) is 2.14. The highest BCUT2D eigenvalue weighted by molar-refractivity contribution is 8.03. The number of fused-ring (bicyclic) bond motifs is 2. The van der Waals surface area contributed by atoms with E-state index in [-0.39, 0.29) is 12.2 Å². The van der Waals surface area contributed by atoms with E-state index in [0.29, 0.717) is 6.54 Å². The highest BCUT2D eigenvalue weighted by Gasteiger charge is 2.27. The summed E-state index contributed by atoms with van der Waals surface area (Å²) in [6.07, 6.45) is 2.44. The molecule has 0 bridgehead atoms. The molecule has 0 saturated heterocycles. The Hall–Kier alpha value is -2.07. The molecule has 3 aromatic rings. The topological polar surface area (TPSA) is 73.6 Å². The maximum absolute atomic E-state index is 11.1. The molecule has 1 aliphatic heterocycles. The summed E-state index contributed by atoms with van der Waals surface area (Å²) < 4.78 is 41.8. The van der Waals surface area contributed by atoms with Crippen molar-refractivity contribution in [2.45, 2.75) is 24.8 Å². The zero-order valence-corrected chi connectivity index (χ0v) is 19.1. The lowest BCUT2D eigenvalue weighted by Gasteiger charge is -2.18. The molecule has 0 amide bonds. The van der Waals surface area contributed by atoms with Crippen molar-refractivity contribution in [3.05, 3.63) is 52.5 Å². The van der Waals surface area contributed by atoms with Crippen LogP contribution in [-0.2, 0) is 16.7 Å². The fraction of sp³-hybridized carbons (Fsp3) is 0.286. The number of thioether (sulfide) groups is 1. The Morgan fingerprint density at radius 3 is 2.77 bits per heavy atom. The van der Waals surface area contributed by atoms with E-state index in [2.05, 4.69) is 34.6 Å². The van der Waals surface area contributed by atoms with Gasteiger partial charge in [0.2, 0.25) is 5.52 Å². The molecule has 0 fully saturated rings. The van der Waals surface area contributed by atoms with Crippen LogP contribution in [0.5, 0.6) is 5.75 Å². The van der Waals surface area contributed by atoms with Crippen LogP contribution in [0.25, 0.3) is 16.3 Å². The van der Waals surface area contributed by atoms with Crippen molar-refractivity contribution in [1.29, 1.82) is 0 Å². The van der Waals surface area contributed by atoms with E-state index in [1.165, 1.54) is 4.90 Å². The number of hydrogen-bond acceptors (Lipinski definition) is 7. The normalized spacial score (nSPS) is 15.2. The van der Waals surface area contributed by atoms with Crippen LogP contribution in [0.3, 0.4) is 0 Å². The van der Waals surface area contributed by atoms with Gasteiger partial charge in [0.1, 0.15) is 10.4 Å². The average molecular weight is 463 g/mol. The number of aromatic nitrogens is 1. The summed E-state index contributed by atoms with van der Waals surface area (Å²) in [4.78, 5) is 3.42. The van der Waals surface area contributed by atoms with Gasteiger partial charge in [-0.1, -0.05) is 35.2 Å². The van der Waals surface area contributed by atoms with Crippen LogP contribution in [0.4, 0.5) is 5.69 Å². The lowest BCUT2D eigenvalue weighted by atomic mass is 10.2. The van der Waals surface area contributed by atoms with Gasteiger partial charge >= 0.3 is 0 Å². The van der Waals surface area contributed by atoms with E-state index in [1.54, 1.807) is 30.2 Å². The molecular formula is C21H22N2O4S3. The van der Waals surface area contributed by atoms with E-state index in [4.69, 9.17) is 4.74 Å². The number of thiazole rings is 1. The van der Waals surface area contributed by atoms with Gasteiger partial charge in [-0.2, -0.15) is 4.57 Å². The maximum atomic E-state index is 11.1. The second-order valence-corrected chi connectivity index (χ2v) is 10.5. The first kappa shape index (κ1) is 21.2. The lowest BCUT2D eigenvalue weighted by Crippen LogP contribution is -2.36. The molecule has 4 rings (SSSR count). The first-order chi connectivity index (χ1) is 14.4. The summed E-state index contributed by atoms with van der Waals surface area (Å²) in [6, 6.07) is 14.1.